The lowest BCUT2D eigenvalue weighted by molar-refractivity contribution is 0.660. The van der Waals surface area contributed by atoms with Crippen molar-refractivity contribution in [1.29, 1.82) is 0 Å². The highest BCUT2D eigenvalue weighted by Gasteiger charge is 2.35. The summed E-state index contributed by atoms with van der Waals surface area (Å²) in [7, 11) is 0. The first-order chi connectivity index (χ1) is 22.5. The van der Waals surface area contributed by atoms with Gasteiger partial charge in [-0.2, -0.15) is 0 Å². The van der Waals surface area contributed by atoms with Crippen molar-refractivity contribution in [2.45, 2.75) is 19.3 Å². The first-order valence-electron chi connectivity index (χ1n) is 15.7. The van der Waals surface area contributed by atoms with E-state index in [0.29, 0.717) is 0 Å². The van der Waals surface area contributed by atoms with Crippen LogP contribution in [0.2, 0.25) is 0 Å². The number of nitrogens with zero attached hydrogens (tertiary/aromatic N) is 2. The Morgan fingerprint density at radius 3 is 1.78 bits per heavy atom. The number of hydrogen-bond acceptors (Lipinski definition) is 2. The smallest absolute Gasteiger partial charge is 0.0540 e. The zero-order valence-corrected chi connectivity index (χ0v) is 27.4. The summed E-state index contributed by atoms with van der Waals surface area (Å²) in [4.78, 5) is 4.74. The van der Waals surface area contributed by atoms with Crippen LogP contribution in [0.3, 0.4) is 0 Å². The van der Waals surface area contributed by atoms with E-state index in [1.54, 1.807) is 0 Å². The SMILES string of the molecule is CC1(C)c2ccccc2-c2ccc(N(c3ccccc3)c3cc(Br)cc(N(c4ccccc4)c4cccc5ccccc45)c3)cc21. The van der Waals surface area contributed by atoms with Gasteiger partial charge in [0.15, 0.2) is 0 Å². The number of halogens is 1. The number of para-hydroxylation sites is 2. The molecule has 7 aromatic carbocycles. The number of hydrogen-bond donors (Lipinski definition) is 0. The molecule has 7 aromatic rings. The topological polar surface area (TPSA) is 6.48 Å². The van der Waals surface area contributed by atoms with Crippen LogP contribution < -0.4 is 9.80 Å². The number of benzene rings is 7. The van der Waals surface area contributed by atoms with Crippen molar-refractivity contribution >= 4 is 60.8 Å². The molecule has 0 heterocycles. The summed E-state index contributed by atoms with van der Waals surface area (Å²) < 4.78 is 1.01. The molecule has 0 amide bonds. The highest BCUT2D eigenvalue weighted by atomic mass is 79.9. The van der Waals surface area contributed by atoms with Gasteiger partial charge in [-0.15, -0.1) is 0 Å². The molecule has 0 fully saturated rings. The monoisotopic (exact) mass is 656 g/mol. The quantitative estimate of drug-likeness (QED) is 0.176. The van der Waals surface area contributed by atoms with Gasteiger partial charge >= 0.3 is 0 Å². The average Bonchev–Trinajstić information content (AvgIpc) is 3.32. The van der Waals surface area contributed by atoms with E-state index in [1.165, 1.54) is 33.0 Å². The van der Waals surface area contributed by atoms with E-state index in [9.17, 15) is 0 Å². The van der Waals surface area contributed by atoms with Gasteiger partial charge in [-0.1, -0.05) is 133 Å². The van der Waals surface area contributed by atoms with E-state index in [-0.39, 0.29) is 5.41 Å². The van der Waals surface area contributed by atoms with E-state index in [4.69, 9.17) is 0 Å². The minimum absolute atomic E-state index is 0.0921. The Morgan fingerprint density at radius 1 is 0.435 bits per heavy atom. The summed E-state index contributed by atoms with van der Waals surface area (Å²) in [5, 5.41) is 2.42. The zero-order valence-electron chi connectivity index (χ0n) is 25.9. The highest BCUT2D eigenvalue weighted by molar-refractivity contribution is 9.10. The predicted molar refractivity (Wildman–Crippen MR) is 199 cm³/mol. The Kier molecular flexibility index (Phi) is 7.00. The first-order valence-corrected chi connectivity index (χ1v) is 16.5. The van der Waals surface area contributed by atoms with Gasteiger partial charge < -0.3 is 9.80 Å². The average molecular weight is 658 g/mol. The minimum atomic E-state index is -0.0921. The fraction of sp³-hybridized carbons (Fsp3) is 0.0698. The maximum Gasteiger partial charge on any atom is 0.0540 e. The lowest BCUT2D eigenvalue weighted by atomic mass is 9.82. The van der Waals surface area contributed by atoms with Crippen LogP contribution >= 0.6 is 15.9 Å². The van der Waals surface area contributed by atoms with Crippen LogP contribution in [0.5, 0.6) is 0 Å². The molecular weight excluding hydrogens is 624 g/mol. The molecule has 0 aliphatic heterocycles. The molecule has 222 valence electrons. The van der Waals surface area contributed by atoms with Gasteiger partial charge in [-0.25, -0.2) is 0 Å². The Labute approximate surface area is 279 Å². The molecule has 0 saturated heterocycles. The van der Waals surface area contributed by atoms with Gasteiger partial charge in [0.2, 0.25) is 0 Å². The van der Waals surface area contributed by atoms with Gasteiger partial charge in [0.1, 0.15) is 0 Å². The van der Waals surface area contributed by atoms with Gasteiger partial charge in [0, 0.05) is 43.7 Å². The summed E-state index contributed by atoms with van der Waals surface area (Å²) in [6.07, 6.45) is 0. The van der Waals surface area contributed by atoms with E-state index < -0.39 is 0 Å². The maximum atomic E-state index is 3.92. The number of rotatable bonds is 6. The molecule has 1 aliphatic carbocycles. The third-order valence-electron chi connectivity index (χ3n) is 9.25. The molecule has 8 rings (SSSR count). The molecule has 0 radical (unpaired) electrons. The van der Waals surface area contributed by atoms with Gasteiger partial charge in [-0.05, 0) is 88.3 Å². The van der Waals surface area contributed by atoms with Crippen molar-refractivity contribution in [2.24, 2.45) is 0 Å². The van der Waals surface area contributed by atoms with Crippen molar-refractivity contribution in [3.63, 3.8) is 0 Å². The van der Waals surface area contributed by atoms with Gasteiger partial charge in [0.25, 0.3) is 0 Å². The van der Waals surface area contributed by atoms with Crippen LogP contribution in [0, 0.1) is 0 Å². The largest absolute Gasteiger partial charge is 0.310 e. The van der Waals surface area contributed by atoms with Crippen LogP contribution in [-0.4, -0.2) is 0 Å². The van der Waals surface area contributed by atoms with Crippen molar-refractivity contribution < 1.29 is 0 Å². The Hall–Kier alpha value is -5.12. The molecule has 0 unspecified atom stereocenters. The molecule has 0 spiro atoms. The van der Waals surface area contributed by atoms with Crippen LogP contribution in [0.1, 0.15) is 25.0 Å². The molecule has 0 aromatic heterocycles. The zero-order chi connectivity index (χ0) is 31.3. The molecule has 0 saturated carbocycles. The van der Waals surface area contributed by atoms with Crippen LogP contribution in [-0.2, 0) is 5.41 Å². The van der Waals surface area contributed by atoms with E-state index in [0.717, 1.165) is 38.6 Å². The second-order valence-electron chi connectivity index (χ2n) is 12.4. The molecule has 1 aliphatic rings. The van der Waals surface area contributed by atoms with E-state index >= 15 is 0 Å². The number of anilines is 6. The fourth-order valence-corrected chi connectivity index (χ4v) is 7.55. The van der Waals surface area contributed by atoms with Crippen molar-refractivity contribution in [3.05, 3.63) is 179 Å². The summed E-state index contributed by atoms with van der Waals surface area (Å²) in [6.45, 7) is 4.68. The standard InChI is InChI=1S/C43H33BrN2/c1-43(2)40-22-12-11-21-38(40)39-25-24-34(29-41(39)43)45(32-16-5-3-6-17-32)35-26-31(44)27-36(28-35)46(33-18-7-4-8-19-33)42-23-13-15-30-14-9-10-20-37(30)42/h3-29H,1-2H3. The second-order valence-corrected chi connectivity index (χ2v) is 13.3. The Morgan fingerprint density at radius 2 is 1.02 bits per heavy atom. The molecule has 2 nitrogen and oxygen atoms in total. The summed E-state index contributed by atoms with van der Waals surface area (Å²) in [5.41, 5.74) is 11.9. The van der Waals surface area contributed by atoms with E-state index in [2.05, 4.69) is 203 Å². The Balaban J connectivity index is 1.33. The molecule has 0 N–H and O–H groups in total. The summed E-state index contributed by atoms with van der Waals surface area (Å²) in [6, 6.07) is 59.0. The highest BCUT2D eigenvalue weighted by Crippen LogP contribution is 2.51. The molecule has 0 bridgehead atoms. The fourth-order valence-electron chi connectivity index (χ4n) is 7.08. The first kappa shape index (κ1) is 28.4. The lowest BCUT2D eigenvalue weighted by Gasteiger charge is -2.31. The van der Waals surface area contributed by atoms with Gasteiger partial charge in [-0.3, -0.25) is 0 Å². The third-order valence-corrected chi connectivity index (χ3v) is 9.70. The number of fused-ring (bicyclic) bond motifs is 4. The van der Waals surface area contributed by atoms with Crippen LogP contribution in [0.15, 0.2) is 168 Å². The van der Waals surface area contributed by atoms with E-state index in [1.807, 2.05) is 0 Å². The summed E-state index contributed by atoms with van der Waals surface area (Å²) in [5.74, 6) is 0. The molecule has 3 heteroatoms. The maximum absolute atomic E-state index is 3.92. The van der Waals surface area contributed by atoms with Crippen LogP contribution in [0.25, 0.3) is 21.9 Å². The lowest BCUT2D eigenvalue weighted by Crippen LogP contribution is -2.17. The molecular formula is C43H33BrN2. The Bertz CT molecular complexity index is 2200. The normalized spacial score (nSPS) is 12.8. The third kappa shape index (κ3) is 4.79. The molecule has 0 atom stereocenters. The van der Waals surface area contributed by atoms with Gasteiger partial charge in [0.05, 0.1) is 5.69 Å². The molecule has 46 heavy (non-hydrogen) atoms. The predicted octanol–water partition coefficient (Wildman–Crippen LogP) is 12.8. The minimum Gasteiger partial charge on any atom is -0.310 e. The van der Waals surface area contributed by atoms with Crippen molar-refractivity contribution in [1.82, 2.24) is 0 Å². The second kappa shape index (κ2) is 11.3. The van der Waals surface area contributed by atoms with Crippen molar-refractivity contribution in [3.8, 4) is 11.1 Å². The summed E-state index contributed by atoms with van der Waals surface area (Å²) >= 11 is 3.92. The van der Waals surface area contributed by atoms with Crippen LogP contribution in [0.4, 0.5) is 34.1 Å². The van der Waals surface area contributed by atoms with Crippen molar-refractivity contribution in [2.75, 3.05) is 9.80 Å².